The summed E-state index contributed by atoms with van der Waals surface area (Å²) in [6.07, 6.45) is 0. The Morgan fingerprint density at radius 3 is 2.57 bits per heavy atom. The number of methoxy groups -OCH3 is 1. The Morgan fingerprint density at radius 1 is 1.05 bits per heavy atom. The van der Waals surface area contributed by atoms with Gasteiger partial charge in [0.25, 0.3) is 5.91 Å². The summed E-state index contributed by atoms with van der Waals surface area (Å²) < 4.78 is 20.4. The number of hydrogen-bond acceptors (Lipinski definition) is 8. The van der Waals surface area contributed by atoms with Gasteiger partial charge in [0.1, 0.15) is 18.4 Å². The highest BCUT2D eigenvalue weighted by atomic mass is 79.9. The van der Waals surface area contributed by atoms with Crippen molar-refractivity contribution >= 4 is 45.2 Å². The fourth-order valence-electron chi connectivity index (χ4n) is 4.68. The molecule has 0 radical (unpaired) electrons. The average Bonchev–Trinajstić information content (AvgIpc) is 3.39. The maximum atomic E-state index is 14.0. The molecular weight excluding hydrogens is 618 g/mol. The zero-order valence-corrected chi connectivity index (χ0v) is 26.2. The number of amides is 1. The Kier molecular flexibility index (Phi) is 9.38. The number of thioether (sulfide) groups is 1. The minimum Gasteiger partial charge on any atom is -0.493 e. The first kappa shape index (κ1) is 29.5. The molecule has 1 amide bonds. The summed E-state index contributed by atoms with van der Waals surface area (Å²) in [5, 5.41) is 11.7. The molecule has 42 heavy (non-hydrogen) atoms. The largest absolute Gasteiger partial charge is 0.493 e. The van der Waals surface area contributed by atoms with Gasteiger partial charge in [0.15, 0.2) is 11.5 Å². The molecule has 9 nitrogen and oxygen atoms in total. The Hall–Kier alpha value is -3.96. The molecule has 2 heterocycles. The normalized spacial score (nSPS) is 14.2. The van der Waals surface area contributed by atoms with E-state index in [0.717, 1.165) is 21.4 Å². The molecule has 4 aromatic rings. The van der Waals surface area contributed by atoms with Gasteiger partial charge in [0, 0.05) is 10.2 Å². The zero-order valence-electron chi connectivity index (χ0n) is 23.8. The van der Waals surface area contributed by atoms with Crippen molar-refractivity contribution in [2.75, 3.05) is 30.1 Å². The number of rotatable bonds is 11. The number of para-hydroxylation sites is 2. The van der Waals surface area contributed by atoms with Crippen LogP contribution in [0.25, 0.3) is 0 Å². The van der Waals surface area contributed by atoms with Crippen LogP contribution in [0.15, 0.2) is 87.6 Å². The first-order valence-corrected chi connectivity index (χ1v) is 15.3. The predicted octanol–water partition coefficient (Wildman–Crippen LogP) is 7.07. The SMILES string of the molecule is CCOc1ccccc1NC(=O)C1=C(C)Nc2nc(SCC)nn2C1c1ccc(OCc2ccc(Br)cc2)c(OC)c1. The number of carbonyl (C=O) groups is 1. The number of nitrogens with zero attached hydrogens (tertiary/aromatic N) is 3. The Labute approximate surface area is 257 Å². The van der Waals surface area contributed by atoms with Crippen molar-refractivity contribution in [1.29, 1.82) is 0 Å². The monoisotopic (exact) mass is 649 g/mol. The molecule has 0 aliphatic carbocycles. The zero-order chi connectivity index (χ0) is 29.6. The molecule has 0 saturated heterocycles. The number of fused-ring (bicyclic) bond motifs is 1. The number of allylic oxidation sites excluding steroid dienone is 1. The van der Waals surface area contributed by atoms with Crippen molar-refractivity contribution in [2.24, 2.45) is 0 Å². The maximum Gasteiger partial charge on any atom is 0.255 e. The molecule has 5 rings (SSSR count). The highest BCUT2D eigenvalue weighted by Crippen LogP contribution is 2.40. The number of ether oxygens (including phenoxy) is 3. The number of halogens is 1. The van der Waals surface area contributed by atoms with Crippen molar-refractivity contribution in [3.05, 3.63) is 93.6 Å². The van der Waals surface area contributed by atoms with Crippen molar-refractivity contribution in [3.8, 4) is 17.2 Å². The van der Waals surface area contributed by atoms with Gasteiger partial charge in [-0.05, 0) is 67.1 Å². The first-order valence-electron chi connectivity index (χ1n) is 13.6. The summed E-state index contributed by atoms with van der Waals surface area (Å²) in [6.45, 7) is 6.69. The number of hydrogen-bond donors (Lipinski definition) is 2. The van der Waals surface area contributed by atoms with Gasteiger partial charge in [-0.25, -0.2) is 4.68 Å². The van der Waals surface area contributed by atoms with Crippen LogP contribution in [0.3, 0.4) is 0 Å². The van der Waals surface area contributed by atoms with Gasteiger partial charge in [-0.15, -0.1) is 5.10 Å². The van der Waals surface area contributed by atoms with E-state index < -0.39 is 6.04 Å². The van der Waals surface area contributed by atoms with Crippen LogP contribution in [0.2, 0.25) is 0 Å². The van der Waals surface area contributed by atoms with Crippen LogP contribution in [0.1, 0.15) is 37.9 Å². The standard InChI is InChI=1S/C31H32BrN5O4S/c1-5-40-24-10-8-7-9-23(24)34-29(38)27-19(3)33-30-35-31(42-6-2)36-37(30)28(27)21-13-16-25(26(17-21)39-4)41-18-20-11-14-22(32)15-12-20/h7-17,28H,5-6,18H2,1-4H3,(H,34,38)(H,33,35,36). The minimum absolute atomic E-state index is 0.280. The van der Waals surface area contributed by atoms with E-state index in [1.165, 1.54) is 11.8 Å². The third-order valence-electron chi connectivity index (χ3n) is 6.60. The van der Waals surface area contributed by atoms with Gasteiger partial charge in [-0.1, -0.05) is 64.9 Å². The predicted molar refractivity (Wildman–Crippen MR) is 169 cm³/mol. The van der Waals surface area contributed by atoms with Gasteiger partial charge in [0.05, 0.1) is 25.0 Å². The topological polar surface area (TPSA) is 99.5 Å². The summed E-state index contributed by atoms with van der Waals surface area (Å²) in [7, 11) is 1.60. The van der Waals surface area contributed by atoms with E-state index in [4.69, 9.17) is 19.3 Å². The van der Waals surface area contributed by atoms with Crippen molar-refractivity contribution in [3.63, 3.8) is 0 Å². The van der Waals surface area contributed by atoms with Crippen LogP contribution in [0, 0.1) is 0 Å². The van der Waals surface area contributed by atoms with E-state index >= 15 is 0 Å². The van der Waals surface area contributed by atoms with E-state index in [1.807, 2.05) is 87.5 Å². The van der Waals surface area contributed by atoms with Gasteiger partial charge >= 0.3 is 0 Å². The van der Waals surface area contributed by atoms with Crippen molar-refractivity contribution in [1.82, 2.24) is 14.8 Å². The number of aromatic nitrogens is 3. The van der Waals surface area contributed by atoms with Crippen LogP contribution in [0.5, 0.6) is 17.2 Å². The lowest BCUT2D eigenvalue weighted by molar-refractivity contribution is -0.113. The van der Waals surface area contributed by atoms with E-state index in [1.54, 1.807) is 11.8 Å². The molecule has 0 spiro atoms. The second kappa shape index (κ2) is 13.3. The number of anilines is 2. The molecule has 0 saturated carbocycles. The Bertz CT molecular complexity index is 1610. The fourth-order valence-corrected chi connectivity index (χ4v) is 5.50. The molecule has 2 N–H and O–H groups in total. The molecule has 1 aliphatic heterocycles. The van der Waals surface area contributed by atoms with Gasteiger partial charge < -0.3 is 24.8 Å². The lowest BCUT2D eigenvalue weighted by atomic mass is 9.94. The minimum atomic E-state index is -0.575. The van der Waals surface area contributed by atoms with E-state index in [2.05, 4.69) is 31.5 Å². The summed E-state index contributed by atoms with van der Waals surface area (Å²) in [5.41, 5.74) is 3.59. The molecule has 0 bridgehead atoms. The molecule has 1 unspecified atom stereocenters. The number of carbonyl (C=O) groups excluding carboxylic acids is 1. The molecule has 3 aromatic carbocycles. The molecule has 1 atom stereocenters. The summed E-state index contributed by atoms with van der Waals surface area (Å²) in [4.78, 5) is 18.6. The first-order chi connectivity index (χ1) is 20.4. The van der Waals surface area contributed by atoms with Crippen LogP contribution in [0.4, 0.5) is 11.6 Å². The highest BCUT2D eigenvalue weighted by molar-refractivity contribution is 9.10. The van der Waals surface area contributed by atoms with E-state index in [-0.39, 0.29) is 5.91 Å². The quantitative estimate of drug-likeness (QED) is 0.167. The van der Waals surface area contributed by atoms with Gasteiger partial charge in [0.2, 0.25) is 11.1 Å². The fraction of sp³-hybridized carbons (Fsp3) is 0.258. The smallest absolute Gasteiger partial charge is 0.255 e. The van der Waals surface area contributed by atoms with Crippen LogP contribution < -0.4 is 24.8 Å². The van der Waals surface area contributed by atoms with Crippen LogP contribution in [-0.2, 0) is 11.4 Å². The third kappa shape index (κ3) is 6.42. The third-order valence-corrected chi connectivity index (χ3v) is 7.85. The number of benzene rings is 3. The summed E-state index contributed by atoms with van der Waals surface area (Å²) in [6, 6.07) is 20.4. The summed E-state index contributed by atoms with van der Waals surface area (Å²) >= 11 is 5.00. The van der Waals surface area contributed by atoms with E-state index in [0.29, 0.717) is 58.5 Å². The molecule has 0 fully saturated rings. The Balaban J connectivity index is 1.51. The second-order valence-corrected chi connectivity index (χ2v) is 11.5. The van der Waals surface area contributed by atoms with Crippen LogP contribution >= 0.6 is 27.7 Å². The molecule has 1 aromatic heterocycles. The molecule has 1 aliphatic rings. The maximum absolute atomic E-state index is 14.0. The van der Waals surface area contributed by atoms with Crippen LogP contribution in [-0.4, -0.2) is 40.1 Å². The lowest BCUT2D eigenvalue weighted by Gasteiger charge is -2.29. The molecule has 218 valence electrons. The van der Waals surface area contributed by atoms with Crippen molar-refractivity contribution < 1.29 is 19.0 Å². The highest BCUT2D eigenvalue weighted by Gasteiger charge is 2.35. The lowest BCUT2D eigenvalue weighted by Crippen LogP contribution is -2.31. The Morgan fingerprint density at radius 2 is 1.83 bits per heavy atom. The summed E-state index contributed by atoms with van der Waals surface area (Å²) in [5.74, 6) is 2.85. The van der Waals surface area contributed by atoms with Gasteiger partial charge in [-0.3, -0.25) is 4.79 Å². The molecular formula is C31H32BrN5O4S. The van der Waals surface area contributed by atoms with Crippen molar-refractivity contribution in [2.45, 2.75) is 38.6 Å². The van der Waals surface area contributed by atoms with Gasteiger partial charge in [-0.2, -0.15) is 4.98 Å². The van der Waals surface area contributed by atoms with E-state index in [9.17, 15) is 4.79 Å². The second-order valence-electron chi connectivity index (χ2n) is 9.37. The number of nitrogens with one attached hydrogen (secondary N) is 2. The molecule has 11 heteroatoms. The average molecular weight is 651 g/mol.